The van der Waals surface area contributed by atoms with Crippen LogP contribution in [0.1, 0.15) is 17.3 Å². The van der Waals surface area contributed by atoms with Crippen molar-refractivity contribution in [2.24, 2.45) is 0 Å². The number of nitrogens with one attached hydrogen (secondary N) is 1. The van der Waals surface area contributed by atoms with Crippen LogP contribution in [0.2, 0.25) is 0 Å². The first-order chi connectivity index (χ1) is 9.47. The first-order valence-corrected chi connectivity index (χ1v) is 5.97. The summed E-state index contributed by atoms with van der Waals surface area (Å²) in [5.41, 5.74) is -0.673. The van der Waals surface area contributed by atoms with Gasteiger partial charge in [-0.15, -0.1) is 0 Å². The van der Waals surface area contributed by atoms with Crippen LogP contribution in [0.25, 0.3) is 0 Å². The van der Waals surface area contributed by atoms with Crippen LogP contribution >= 0.6 is 0 Å². The van der Waals surface area contributed by atoms with Gasteiger partial charge in [0.15, 0.2) is 0 Å². The standard InChI is InChI=1S/C11H15BN2O6/c1-2-20-6-5-13-11(15)8-3-4-10(14(18)19)9(7-8)12(16)17/h3-4,7,16-17H,2,5-6H2,1H3,(H,13,15). The second kappa shape index (κ2) is 7.58. The Labute approximate surface area is 115 Å². The Hall–Kier alpha value is -1.97. The third kappa shape index (κ3) is 4.30. The number of hydrogen-bond acceptors (Lipinski definition) is 6. The molecule has 0 aliphatic rings. The molecule has 1 aromatic carbocycles. The lowest BCUT2D eigenvalue weighted by atomic mass is 9.78. The van der Waals surface area contributed by atoms with E-state index in [4.69, 9.17) is 14.8 Å². The lowest BCUT2D eigenvalue weighted by molar-refractivity contribution is -0.383. The highest BCUT2D eigenvalue weighted by Crippen LogP contribution is 2.10. The fourth-order valence-electron chi connectivity index (χ4n) is 1.55. The Bertz CT molecular complexity index is 494. The first kappa shape index (κ1) is 16.1. The number of hydrogen-bond donors (Lipinski definition) is 3. The monoisotopic (exact) mass is 282 g/mol. The van der Waals surface area contributed by atoms with Crippen molar-refractivity contribution in [1.29, 1.82) is 0 Å². The van der Waals surface area contributed by atoms with E-state index in [1.54, 1.807) is 0 Å². The molecule has 0 bridgehead atoms. The summed E-state index contributed by atoms with van der Waals surface area (Å²) in [6, 6.07) is 3.39. The number of benzene rings is 1. The number of carbonyl (C=O) groups excluding carboxylic acids is 1. The van der Waals surface area contributed by atoms with Gasteiger partial charge >= 0.3 is 7.12 Å². The van der Waals surface area contributed by atoms with Crippen molar-refractivity contribution in [3.05, 3.63) is 33.9 Å². The molecule has 0 aliphatic carbocycles. The molecule has 1 amide bonds. The topological polar surface area (TPSA) is 122 Å². The number of nitro groups is 1. The maximum Gasteiger partial charge on any atom is 0.495 e. The molecular weight excluding hydrogens is 267 g/mol. The average Bonchev–Trinajstić information content (AvgIpc) is 2.42. The fraction of sp³-hybridized carbons (Fsp3) is 0.364. The maximum absolute atomic E-state index is 11.8. The van der Waals surface area contributed by atoms with Gasteiger partial charge in [0.2, 0.25) is 0 Å². The smallest absolute Gasteiger partial charge is 0.423 e. The molecule has 8 nitrogen and oxygen atoms in total. The highest BCUT2D eigenvalue weighted by Gasteiger charge is 2.25. The van der Waals surface area contributed by atoms with Crippen molar-refractivity contribution in [2.45, 2.75) is 6.92 Å². The van der Waals surface area contributed by atoms with Crippen molar-refractivity contribution >= 4 is 24.2 Å². The lowest BCUT2D eigenvalue weighted by Crippen LogP contribution is -2.34. The molecule has 108 valence electrons. The molecule has 0 atom stereocenters. The van der Waals surface area contributed by atoms with Crippen molar-refractivity contribution in [2.75, 3.05) is 19.8 Å². The molecule has 0 spiro atoms. The maximum atomic E-state index is 11.8. The Morgan fingerprint density at radius 1 is 1.50 bits per heavy atom. The molecule has 1 rings (SSSR count). The molecule has 0 aliphatic heterocycles. The van der Waals surface area contributed by atoms with Gasteiger partial charge in [0.1, 0.15) is 0 Å². The van der Waals surface area contributed by atoms with Gasteiger partial charge in [0, 0.05) is 24.8 Å². The first-order valence-electron chi connectivity index (χ1n) is 5.97. The van der Waals surface area contributed by atoms with Crippen LogP contribution in [0.5, 0.6) is 0 Å². The molecule has 0 radical (unpaired) electrons. The minimum Gasteiger partial charge on any atom is -0.423 e. The van der Waals surface area contributed by atoms with Gasteiger partial charge in [-0.05, 0) is 19.1 Å². The lowest BCUT2D eigenvalue weighted by Gasteiger charge is -2.07. The molecule has 0 unspecified atom stereocenters. The molecule has 20 heavy (non-hydrogen) atoms. The Morgan fingerprint density at radius 2 is 2.20 bits per heavy atom. The average molecular weight is 282 g/mol. The summed E-state index contributed by atoms with van der Waals surface area (Å²) < 4.78 is 5.05. The van der Waals surface area contributed by atoms with Crippen LogP contribution in [-0.2, 0) is 4.74 Å². The van der Waals surface area contributed by atoms with Gasteiger partial charge in [-0.25, -0.2) is 0 Å². The number of ether oxygens (including phenoxy) is 1. The second-order valence-electron chi connectivity index (χ2n) is 3.86. The zero-order valence-electron chi connectivity index (χ0n) is 10.9. The van der Waals surface area contributed by atoms with E-state index in [-0.39, 0.29) is 11.0 Å². The van der Waals surface area contributed by atoms with Gasteiger partial charge < -0.3 is 20.1 Å². The zero-order valence-corrected chi connectivity index (χ0v) is 10.9. The Balaban J connectivity index is 2.83. The normalized spacial score (nSPS) is 10.2. The Morgan fingerprint density at radius 3 is 2.75 bits per heavy atom. The number of rotatable bonds is 7. The van der Waals surface area contributed by atoms with E-state index in [2.05, 4.69) is 5.32 Å². The minimum absolute atomic E-state index is 0.107. The molecule has 0 saturated carbocycles. The van der Waals surface area contributed by atoms with E-state index in [1.807, 2.05) is 6.92 Å². The van der Waals surface area contributed by atoms with Crippen LogP contribution in [0.15, 0.2) is 18.2 Å². The fourth-order valence-corrected chi connectivity index (χ4v) is 1.55. The highest BCUT2D eigenvalue weighted by atomic mass is 16.6. The molecule has 0 heterocycles. The zero-order chi connectivity index (χ0) is 15.1. The van der Waals surface area contributed by atoms with Crippen molar-refractivity contribution < 1.29 is 24.5 Å². The molecule has 0 saturated heterocycles. The highest BCUT2D eigenvalue weighted by molar-refractivity contribution is 6.60. The summed E-state index contributed by atoms with van der Waals surface area (Å²) in [5.74, 6) is -0.471. The molecule has 3 N–H and O–H groups in total. The van der Waals surface area contributed by atoms with E-state index in [0.717, 1.165) is 12.1 Å². The van der Waals surface area contributed by atoms with Gasteiger partial charge in [-0.2, -0.15) is 0 Å². The summed E-state index contributed by atoms with van der Waals surface area (Å²) in [4.78, 5) is 21.7. The van der Waals surface area contributed by atoms with Gasteiger partial charge in [0.25, 0.3) is 11.6 Å². The summed E-state index contributed by atoms with van der Waals surface area (Å²) in [6.07, 6.45) is 0. The van der Waals surface area contributed by atoms with Gasteiger partial charge in [-0.3, -0.25) is 14.9 Å². The summed E-state index contributed by atoms with van der Waals surface area (Å²) in [7, 11) is -2.02. The number of nitro benzene ring substituents is 1. The predicted molar refractivity (Wildman–Crippen MR) is 71.7 cm³/mol. The van der Waals surface area contributed by atoms with E-state index in [9.17, 15) is 14.9 Å². The van der Waals surface area contributed by atoms with E-state index in [0.29, 0.717) is 19.8 Å². The molecule has 0 aromatic heterocycles. The van der Waals surface area contributed by atoms with Gasteiger partial charge in [0.05, 0.1) is 17.0 Å². The molecule has 1 aromatic rings. The summed E-state index contributed by atoms with van der Waals surface area (Å²) in [6.45, 7) is 3.01. The van der Waals surface area contributed by atoms with Crippen LogP contribution < -0.4 is 10.8 Å². The van der Waals surface area contributed by atoms with Crippen molar-refractivity contribution in [1.82, 2.24) is 5.32 Å². The quantitative estimate of drug-likeness (QED) is 0.256. The van der Waals surface area contributed by atoms with Crippen LogP contribution in [0.3, 0.4) is 0 Å². The van der Waals surface area contributed by atoms with E-state index < -0.39 is 23.6 Å². The summed E-state index contributed by atoms with van der Waals surface area (Å²) >= 11 is 0. The van der Waals surface area contributed by atoms with E-state index in [1.165, 1.54) is 6.07 Å². The molecule has 0 fully saturated rings. The van der Waals surface area contributed by atoms with Gasteiger partial charge in [-0.1, -0.05) is 0 Å². The van der Waals surface area contributed by atoms with Crippen molar-refractivity contribution in [3.8, 4) is 0 Å². The minimum atomic E-state index is -2.02. The SMILES string of the molecule is CCOCCNC(=O)c1ccc([N+](=O)[O-])c(B(O)O)c1. The summed E-state index contributed by atoms with van der Waals surface area (Å²) in [5, 5.41) is 31.5. The number of nitrogens with zero attached hydrogens (tertiary/aromatic N) is 1. The number of carbonyl (C=O) groups is 1. The third-order valence-corrected chi connectivity index (χ3v) is 2.50. The van der Waals surface area contributed by atoms with Crippen LogP contribution in [0, 0.1) is 10.1 Å². The van der Waals surface area contributed by atoms with Crippen LogP contribution in [0.4, 0.5) is 5.69 Å². The van der Waals surface area contributed by atoms with Crippen LogP contribution in [-0.4, -0.2) is 47.8 Å². The number of amides is 1. The van der Waals surface area contributed by atoms with E-state index >= 15 is 0 Å². The third-order valence-electron chi connectivity index (χ3n) is 2.50. The second-order valence-corrected chi connectivity index (χ2v) is 3.86. The predicted octanol–water partition coefficient (Wildman–Crippen LogP) is -0.959. The van der Waals surface area contributed by atoms with Crippen molar-refractivity contribution in [3.63, 3.8) is 0 Å². The largest absolute Gasteiger partial charge is 0.495 e. The molecular formula is C11H15BN2O6. The Kier molecular flexibility index (Phi) is 6.10. The molecule has 9 heteroatoms.